The van der Waals surface area contributed by atoms with E-state index < -0.39 is 99.2 Å². The van der Waals surface area contributed by atoms with Crippen molar-refractivity contribution in [2.45, 2.75) is 140 Å². The molecule has 0 amide bonds. The van der Waals surface area contributed by atoms with E-state index in [1.807, 2.05) is 11.8 Å². The summed E-state index contributed by atoms with van der Waals surface area (Å²) in [6.45, 7) is 0.218. The van der Waals surface area contributed by atoms with Gasteiger partial charge in [-0.15, -0.1) is 6.42 Å². The molecule has 0 spiro atoms. The summed E-state index contributed by atoms with van der Waals surface area (Å²) in [6.07, 6.45) is 0.107. The van der Waals surface area contributed by atoms with Crippen LogP contribution in [-0.4, -0.2) is 112 Å². The zero-order valence-corrected chi connectivity index (χ0v) is 36.1. The Kier molecular flexibility index (Phi) is 26.2. The smallest absolute Gasteiger partial charge is 0.456 e. The second kappa shape index (κ2) is 28.3. The van der Waals surface area contributed by atoms with Crippen molar-refractivity contribution in [3.63, 3.8) is 0 Å². The molecule has 60 heavy (non-hydrogen) atoms. The normalized spacial score (nSPS) is 21.9. The number of esters is 2. The zero-order valence-electron chi connectivity index (χ0n) is 32.6. The van der Waals surface area contributed by atoms with Crippen LogP contribution in [0.5, 0.6) is 0 Å². The van der Waals surface area contributed by atoms with Crippen molar-refractivity contribution < 1.29 is 104 Å². The van der Waals surface area contributed by atoms with Gasteiger partial charge in [0.25, 0.3) is 0 Å². The second-order valence-corrected chi connectivity index (χ2v) is 18.1. The molecule has 0 bridgehead atoms. The third-order valence-corrected chi connectivity index (χ3v) is 10.7. The molecule has 8 atom stereocenters. The molecule has 0 saturated heterocycles. The van der Waals surface area contributed by atoms with Gasteiger partial charge in [-0.3, -0.25) is 27.4 Å². The Morgan fingerprint density at radius 2 is 1.02 bits per heavy atom. The van der Waals surface area contributed by atoms with Gasteiger partial charge in [0.1, 0.15) is 43.2 Å². The van der Waals surface area contributed by atoms with Crippen LogP contribution in [0.2, 0.25) is 0 Å². The van der Waals surface area contributed by atoms with E-state index in [1.54, 1.807) is 0 Å². The first-order valence-corrected chi connectivity index (χ1v) is 24.6. The lowest BCUT2D eigenvalue weighted by atomic mass is 9.85. The van der Waals surface area contributed by atoms with Crippen molar-refractivity contribution in [3.8, 4) is 47.9 Å². The molecule has 26 heteroatoms. The van der Waals surface area contributed by atoms with Crippen molar-refractivity contribution in [2.75, 3.05) is 13.2 Å². The van der Waals surface area contributed by atoms with Crippen molar-refractivity contribution in [1.82, 2.24) is 0 Å². The monoisotopic (exact) mass is 936 g/mol. The van der Waals surface area contributed by atoms with Crippen molar-refractivity contribution in [1.29, 1.82) is 0 Å². The number of phosphoric acid groups is 4. The van der Waals surface area contributed by atoms with Gasteiger partial charge in [0, 0.05) is 12.3 Å². The minimum absolute atomic E-state index is 0.121. The van der Waals surface area contributed by atoms with Crippen molar-refractivity contribution in [3.05, 3.63) is 0 Å². The first kappa shape index (κ1) is 55.6. The molecule has 0 aliphatic heterocycles. The molecule has 0 heterocycles. The topological polar surface area (TPSA) is 349 Å². The average Bonchev–Trinajstić information content (AvgIpc) is 3.13. The summed E-state index contributed by atoms with van der Waals surface area (Å²) in [4.78, 5) is 91.4. The van der Waals surface area contributed by atoms with Gasteiger partial charge in [-0.05, 0) is 41.9 Å². The lowest BCUT2D eigenvalue weighted by Crippen LogP contribution is -2.65. The number of phosphoric ester groups is 4. The summed E-state index contributed by atoms with van der Waals surface area (Å²) >= 11 is 0. The second-order valence-electron chi connectivity index (χ2n) is 13.1. The van der Waals surface area contributed by atoms with Gasteiger partial charge in [0.15, 0.2) is 6.10 Å². The van der Waals surface area contributed by atoms with E-state index in [1.165, 1.54) is 38.5 Å². The Bertz CT molecular complexity index is 1740. The number of rotatable bonds is 28. The van der Waals surface area contributed by atoms with Crippen LogP contribution >= 0.6 is 31.3 Å². The van der Waals surface area contributed by atoms with E-state index in [4.69, 9.17) is 24.9 Å². The number of carbonyl (C=O) groups is 2. The summed E-state index contributed by atoms with van der Waals surface area (Å²) in [5.41, 5.74) is 0. The predicted octanol–water partition coefficient (Wildman–Crippen LogP) is 2.24. The molecule has 340 valence electrons. The fourth-order valence-corrected chi connectivity index (χ4v) is 8.20. The van der Waals surface area contributed by atoms with Crippen LogP contribution in [-0.2, 0) is 59.9 Å². The van der Waals surface area contributed by atoms with Crippen LogP contribution in [0, 0.1) is 47.9 Å². The molecular weight excluding hydrogens is 884 g/mol. The Morgan fingerprint density at radius 3 is 1.48 bits per heavy atom. The van der Waals surface area contributed by atoms with E-state index in [0.717, 1.165) is 32.1 Å². The Hall–Kier alpha value is -2.46. The first-order chi connectivity index (χ1) is 28.0. The Morgan fingerprint density at radius 1 is 0.583 bits per heavy atom. The number of hydrogen-bond acceptors (Lipinski definition) is 15. The first-order valence-electron chi connectivity index (χ1n) is 18.5. The molecule has 4 unspecified atom stereocenters. The quantitative estimate of drug-likeness (QED) is 0.0178. The standard InChI is InChI=1S/C34H52O22P4/c1-3-5-7-9-11-12-13-14-15-16-17-19-21-23-28(36)52-26(24-50-27(35)22-20-18-10-8-6-4-2)25-51-60(48,49)56-31-29(37)32(53-57(39,40)41)34(55-59(45,46)47)33(30(31)38)54-58(42,43)44/h2,26,29-34,37-38H,3,5,7,9,11-17,19,21,23-25H2,1H3,(H,48,49)(H2,39,40,41)(H2,42,43,44)(H2,45,46,47)/t26-,29+,30?,31?,32+,33-,34?/m1/s1. The summed E-state index contributed by atoms with van der Waals surface area (Å²) in [5.74, 6) is 12.9. The molecule has 1 saturated carbocycles. The number of unbranched alkanes of at least 4 members (excludes halogenated alkanes) is 12. The number of terminal acetylenes is 1. The molecule has 0 aromatic carbocycles. The number of carbonyl (C=O) groups excluding carboxylic acids is 2. The summed E-state index contributed by atoms with van der Waals surface area (Å²) in [6, 6.07) is 0. The van der Waals surface area contributed by atoms with Gasteiger partial charge in [-0.2, -0.15) is 0 Å². The highest BCUT2D eigenvalue weighted by atomic mass is 31.2. The largest absolute Gasteiger partial charge is 0.472 e. The minimum Gasteiger partial charge on any atom is -0.456 e. The summed E-state index contributed by atoms with van der Waals surface area (Å²) in [7, 11) is -23.1. The van der Waals surface area contributed by atoms with E-state index >= 15 is 0 Å². The van der Waals surface area contributed by atoms with Crippen LogP contribution in [0.3, 0.4) is 0 Å². The van der Waals surface area contributed by atoms with Crippen LogP contribution in [0.4, 0.5) is 0 Å². The number of aliphatic hydroxyl groups is 2. The van der Waals surface area contributed by atoms with E-state index in [0.29, 0.717) is 12.8 Å². The summed E-state index contributed by atoms with van der Waals surface area (Å²) in [5, 5.41) is 21.6. The number of hydrogen-bond donors (Lipinski definition) is 9. The maximum Gasteiger partial charge on any atom is 0.472 e. The number of ether oxygens (including phenoxy) is 2. The lowest BCUT2D eigenvalue weighted by molar-refractivity contribution is -0.209. The fraction of sp³-hybridized carbons (Fsp3) is 0.706. The van der Waals surface area contributed by atoms with Crippen molar-refractivity contribution in [2.24, 2.45) is 0 Å². The van der Waals surface area contributed by atoms with Gasteiger partial charge < -0.3 is 53.9 Å². The van der Waals surface area contributed by atoms with E-state index in [2.05, 4.69) is 50.1 Å². The van der Waals surface area contributed by atoms with Gasteiger partial charge in [-0.25, -0.2) is 23.1 Å². The Labute approximate surface area is 347 Å². The van der Waals surface area contributed by atoms with Crippen molar-refractivity contribution >= 4 is 43.2 Å². The van der Waals surface area contributed by atoms with Gasteiger partial charge >= 0.3 is 43.2 Å². The minimum atomic E-state index is -5.81. The lowest BCUT2D eigenvalue weighted by Gasteiger charge is -2.45. The van der Waals surface area contributed by atoms with Crippen LogP contribution in [0.15, 0.2) is 0 Å². The van der Waals surface area contributed by atoms with Gasteiger partial charge in [-0.1, -0.05) is 84.0 Å². The molecule has 9 N–H and O–H groups in total. The van der Waals surface area contributed by atoms with Gasteiger partial charge in [0.05, 0.1) is 6.61 Å². The molecule has 1 aliphatic rings. The fourth-order valence-electron chi connectivity index (χ4n) is 5.54. The molecule has 22 nitrogen and oxygen atoms in total. The molecule has 0 aromatic heterocycles. The Balaban J connectivity index is 3.07. The maximum atomic E-state index is 13.1. The van der Waals surface area contributed by atoms with E-state index in [-0.39, 0.29) is 6.42 Å². The average molecular weight is 937 g/mol. The molecule has 0 radical (unpaired) electrons. The molecule has 1 aliphatic carbocycles. The number of aliphatic hydroxyl groups excluding tert-OH is 2. The zero-order chi connectivity index (χ0) is 45.4. The third kappa shape index (κ3) is 26.1. The molecule has 0 aromatic rings. The highest BCUT2D eigenvalue weighted by Crippen LogP contribution is 2.53. The van der Waals surface area contributed by atoms with Crippen LogP contribution < -0.4 is 0 Å². The van der Waals surface area contributed by atoms with Crippen LogP contribution in [0.1, 0.15) is 96.8 Å². The van der Waals surface area contributed by atoms with Crippen LogP contribution in [0.25, 0.3) is 0 Å². The highest BCUT2D eigenvalue weighted by Gasteiger charge is 2.59. The SMILES string of the molecule is C#CC#CC#CC#CC(=O)OC[C@H](COP(=O)(O)OC1C(O)[C@@H](OP(=O)(O)O)C(OP(=O)(O)O)[C@@H](OP(=O)(O)O)[C@H]1O)OC(=O)CCCCCCCCCCCCCCC. The molecular formula is C34H52O22P4. The maximum absolute atomic E-state index is 13.1. The van der Waals surface area contributed by atoms with Gasteiger partial charge in [0.2, 0.25) is 0 Å². The third-order valence-electron chi connectivity index (χ3n) is 8.12. The summed E-state index contributed by atoms with van der Waals surface area (Å²) < 4.78 is 80.7. The molecule has 1 rings (SSSR count). The highest BCUT2D eigenvalue weighted by molar-refractivity contribution is 7.47. The predicted molar refractivity (Wildman–Crippen MR) is 207 cm³/mol. The van der Waals surface area contributed by atoms with E-state index in [9.17, 15) is 72.3 Å². The molecule has 1 fully saturated rings.